The van der Waals surface area contributed by atoms with Crippen molar-refractivity contribution in [2.75, 3.05) is 18.4 Å². The van der Waals surface area contributed by atoms with Crippen molar-refractivity contribution in [1.82, 2.24) is 4.90 Å². The van der Waals surface area contributed by atoms with Crippen LogP contribution in [-0.4, -0.2) is 29.8 Å². The molecule has 0 saturated carbocycles. The Morgan fingerprint density at radius 3 is 2.64 bits per heavy atom. The van der Waals surface area contributed by atoms with Crippen LogP contribution in [0.15, 0.2) is 48.5 Å². The number of nitrogens with zero attached hydrogens (tertiary/aromatic N) is 1. The molecule has 1 heterocycles. The van der Waals surface area contributed by atoms with Crippen molar-refractivity contribution in [3.63, 3.8) is 0 Å². The van der Waals surface area contributed by atoms with Gasteiger partial charge in [0.2, 0.25) is 5.91 Å². The highest BCUT2D eigenvalue weighted by molar-refractivity contribution is 6.30. The van der Waals surface area contributed by atoms with Gasteiger partial charge in [-0.3, -0.25) is 9.59 Å². The second kappa shape index (κ2) is 7.70. The van der Waals surface area contributed by atoms with Gasteiger partial charge >= 0.3 is 0 Å². The molecule has 25 heavy (non-hydrogen) atoms. The lowest BCUT2D eigenvalue weighted by Gasteiger charge is -2.32. The average molecular weight is 357 g/mol. The number of halogens is 1. The molecule has 0 radical (unpaired) electrons. The predicted molar refractivity (Wildman–Crippen MR) is 99.9 cm³/mol. The van der Waals surface area contributed by atoms with Crippen LogP contribution in [0.25, 0.3) is 0 Å². The van der Waals surface area contributed by atoms with Crippen LogP contribution in [0.2, 0.25) is 5.02 Å². The zero-order valence-corrected chi connectivity index (χ0v) is 14.9. The van der Waals surface area contributed by atoms with Gasteiger partial charge in [-0.2, -0.15) is 0 Å². The van der Waals surface area contributed by atoms with E-state index in [1.54, 1.807) is 29.2 Å². The van der Waals surface area contributed by atoms with Gasteiger partial charge < -0.3 is 10.2 Å². The van der Waals surface area contributed by atoms with Crippen LogP contribution < -0.4 is 5.32 Å². The molecule has 1 aliphatic heterocycles. The maximum atomic E-state index is 12.7. The minimum absolute atomic E-state index is 0.00677. The van der Waals surface area contributed by atoms with Crippen molar-refractivity contribution in [1.29, 1.82) is 0 Å². The molecule has 4 nitrogen and oxygen atoms in total. The molecule has 1 N–H and O–H groups in total. The van der Waals surface area contributed by atoms with Crippen molar-refractivity contribution >= 4 is 29.1 Å². The van der Waals surface area contributed by atoms with Crippen molar-refractivity contribution in [2.24, 2.45) is 5.92 Å². The Morgan fingerprint density at radius 1 is 1.16 bits per heavy atom. The van der Waals surface area contributed by atoms with Gasteiger partial charge in [0.15, 0.2) is 0 Å². The number of carbonyl (C=O) groups excluding carboxylic acids is 2. The van der Waals surface area contributed by atoms with Gasteiger partial charge in [0.25, 0.3) is 5.91 Å². The summed E-state index contributed by atoms with van der Waals surface area (Å²) in [6.45, 7) is 3.11. The molecule has 1 atom stereocenters. The Bertz CT molecular complexity index is 774. The SMILES string of the molecule is Cc1cccc(C(=O)N2CCCC(C(=O)Nc3ccc(Cl)cc3)C2)c1. The van der Waals surface area contributed by atoms with Crippen LogP contribution in [0.3, 0.4) is 0 Å². The highest BCUT2D eigenvalue weighted by Crippen LogP contribution is 2.21. The Labute approximate surface area is 152 Å². The van der Waals surface area contributed by atoms with E-state index < -0.39 is 0 Å². The first-order valence-corrected chi connectivity index (χ1v) is 8.83. The summed E-state index contributed by atoms with van der Waals surface area (Å²) in [7, 11) is 0. The van der Waals surface area contributed by atoms with Crippen LogP contribution >= 0.6 is 11.6 Å². The minimum atomic E-state index is -0.196. The molecule has 0 bridgehead atoms. The maximum Gasteiger partial charge on any atom is 0.253 e. The van der Waals surface area contributed by atoms with Gasteiger partial charge in [-0.15, -0.1) is 0 Å². The molecular weight excluding hydrogens is 336 g/mol. The summed E-state index contributed by atoms with van der Waals surface area (Å²) in [4.78, 5) is 27.0. The fourth-order valence-corrected chi connectivity index (χ4v) is 3.24. The summed E-state index contributed by atoms with van der Waals surface area (Å²) in [5, 5.41) is 3.54. The van der Waals surface area contributed by atoms with Crippen LogP contribution in [0.1, 0.15) is 28.8 Å². The first-order chi connectivity index (χ1) is 12.0. The van der Waals surface area contributed by atoms with E-state index in [0.717, 1.165) is 24.1 Å². The Morgan fingerprint density at radius 2 is 1.92 bits per heavy atom. The highest BCUT2D eigenvalue weighted by atomic mass is 35.5. The van der Waals surface area contributed by atoms with Crippen molar-refractivity contribution in [2.45, 2.75) is 19.8 Å². The number of likely N-dealkylation sites (tertiary alicyclic amines) is 1. The van der Waals surface area contributed by atoms with Gasteiger partial charge in [-0.05, 0) is 56.2 Å². The van der Waals surface area contributed by atoms with E-state index in [1.807, 2.05) is 31.2 Å². The number of amides is 2. The van der Waals surface area contributed by atoms with Crippen LogP contribution in [0.5, 0.6) is 0 Å². The zero-order valence-electron chi connectivity index (χ0n) is 14.2. The molecular formula is C20H21ClN2O2. The molecule has 3 rings (SSSR count). The number of anilines is 1. The first kappa shape index (κ1) is 17.5. The third-order valence-corrected chi connectivity index (χ3v) is 4.71. The summed E-state index contributed by atoms with van der Waals surface area (Å²) < 4.78 is 0. The summed E-state index contributed by atoms with van der Waals surface area (Å²) in [6, 6.07) is 14.6. The Balaban J connectivity index is 1.65. The van der Waals surface area contributed by atoms with Crippen LogP contribution in [0.4, 0.5) is 5.69 Å². The molecule has 1 saturated heterocycles. The molecule has 2 aromatic carbocycles. The summed E-state index contributed by atoms with van der Waals surface area (Å²) >= 11 is 5.86. The van der Waals surface area contributed by atoms with E-state index in [4.69, 9.17) is 11.6 Å². The molecule has 2 aromatic rings. The molecule has 1 unspecified atom stereocenters. The molecule has 130 valence electrons. The number of carbonyl (C=O) groups is 2. The number of aryl methyl sites for hydroxylation is 1. The quantitative estimate of drug-likeness (QED) is 0.898. The smallest absolute Gasteiger partial charge is 0.253 e. The third-order valence-electron chi connectivity index (χ3n) is 4.46. The Kier molecular flexibility index (Phi) is 5.39. The average Bonchev–Trinajstić information content (AvgIpc) is 2.63. The Hall–Kier alpha value is -2.33. The topological polar surface area (TPSA) is 49.4 Å². The maximum absolute atomic E-state index is 12.7. The lowest BCUT2D eigenvalue weighted by molar-refractivity contribution is -0.121. The molecule has 0 spiro atoms. The number of benzene rings is 2. The van der Waals surface area contributed by atoms with E-state index in [0.29, 0.717) is 23.7 Å². The predicted octanol–water partition coefficient (Wildman–Crippen LogP) is 4.14. The second-order valence-electron chi connectivity index (χ2n) is 6.46. The largest absolute Gasteiger partial charge is 0.338 e. The molecule has 0 aromatic heterocycles. The minimum Gasteiger partial charge on any atom is -0.338 e. The van der Waals surface area contributed by atoms with Crippen LogP contribution in [-0.2, 0) is 4.79 Å². The van der Waals surface area contributed by atoms with E-state index >= 15 is 0 Å². The van der Waals surface area contributed by atoms with E-state index in [1.165, 1.54) is 0 Å². The van der Waals surface area contributed by atoms with Crippen molar-refractivity contribution in [3.8, 4) is 0 Å². The normalized spacial score (nSPS) is 17.2. The second-order valence-corrected chi connectivity index (χ2v) is 6.89. The van der Waals surface area contributed by atoms with Gasteiger partial charge in [0.05, 0.1) is 5.92 Å². The lowest BCUT2D eigenvalue weighted by Crippen LogP contribution is -2.43. The fourth-order valence-electron chi connectivity index (χ4n) is 3.11. The number of hydrogen-bond acceptors (Lipinski definition) is 2. The lowest BCUT2D eigenvalue weighted by atomic mass is 9.96. The molecule has 1 aliphatic rings. The number of piperidine rings is 1. The van der Waals surface area contributed by atoms with E-state index in [-0.39, 0.29) is 17.7 Å². The third kappa shape index (κ3) is 4.40. The molecule has 1 fully saturated rings. The van der Waals surface area contributed by atoms with E-state index in [2.05, 4.69) is 5.32 Å². The molecule has 5 heteroatoms. The van der Waals surface area contributed by atoms with Gasteiger partial charge in [-0.25, -0.2) is 0 Å². The molecule has 2 amide bonds. The highest BCUT2D eigenvalue weighted by Gasteiger charge is 2.29. The van der Waals surface area contributed by atoms with Crippen molar-refractivity contribution in [3.05, 3.63) is 64.7 Å². The zero-order chi connectivity index (χ0) is 17.8. The number of rotatable bonds is 3. The first-order valence-electron chi connectivity index (χ1n) is 8.45. The van der Waals surface area contributed by atoms with E-state index in [9.17, 15) is 9.59 Å². The van der Waals surface area contributed by atoms with Gasteiger partial charge in [0, 0.05) is 29.4 Å². The summed E-state index contributed by atoms with van der Waals surface area (Å²) in [5.74, 6) is -0.255. The fraction of sp³-hybridized carbons (Fsp3) is 0.300. The number of nitrogens with one attached hydrogen (secondary N) is 1. The summed E-state index contributed by atoms with van der Waals surface area (Å²) in [5.41, 5.74) is 2.45. The standard InChI is InChI=1S/C20H21ClN2O2/c1-14-4-2-5-15(12-14)20(25)23-11-3-6-16(13-23)19(24)22-18-9-7-17(21)8-10-18/h2,4-5,7-10,12,16H,3,6,11,13H2,1H3,(H,22,24). The van der Waals surface area contributed by atoms with Crippen molar-refractivity contribution < 1.29 is 9.59 Å². The van der Waals surface area contributed by atoms with Crippen LogP contribution in [0, 0.1) is 12.8 Å². The monoisotopic (exact) mass is 356 g/mol. The summed E-state index contributed by atoms with van der Waals surface area (Å²) in [6.07, 6.45) is 1.62. The molecule has 0 aliphatic carbocycles. The van der Waals surface area contributed by atoms with Gasteiger partial charge in [0.1, 0.15) is 0 Å². The van der Waals surface area contributed by atoms with Gasteiger partial charge in [-0.1, -0.05) is 29.3 Å². The number of hydrogen-bond donors (Lipinski definition) is 1.